The predicted molar refractivity (Wildman–Crippen MR) is 148 cm³/mol. The Morgan fingerprint density at radius 1 is 0.902 bits per heavy atom. The van der Waals surface area contributed by atoms with Crippen LogP contribution in [0.4, 0.5) is 4.79 Å². The molecule has 4 N–H and O–H groups in total. The molecule has 3 amide bonds. The number of unbranched alkanes of at least 4 members (excludes halogenated alkanes) is 1. The maximum absolute atomic E-state index is 13.7. The van der Waals surface area contributed by atoms with Crippen LogP contribution >= 0.6 is 12.2 Å². The van der Waals surface area contributed by atoms with Crippen LogP contribution in [0.5, 0.6) is 0 Å². The van der Waals surface area contributed by atoms with Crippen molar-refractivity contribution in [2.75, 3.05) is 6.54 Å². The average Bonchev–Trinajstić information content (AvgIpc) is 2.93. The number of alkyl carbamates (subject to hydrolysis) is 1. The zero-order chi connectivity index (χ0) is 30.7. The molecule has 41 heavy (non-hydrogen) atoms. The van der Waals surface area contributed by atoms with Gasteiger partial charge in [-0.05, 0) is 56.3 Å². The number of rotatable bonds is 16. The maximum Gasteiger partial charge on any atom is 0.407 e. The van der Waals surface area contributed by atoms with Crippen LogP contribution in [0.2, 0.25) is 0 Å². The van der Waals surface area contributed by atoms with Gasteiger partial charge in [0.2, 0.25) is 11.8 Å². The van der Waals surface area contributed by atoms with Crippen LogP contribution in [0, 0.1) is 5.41 Å². The lowest BCUT2D eigenvalue weighted by Gasteiger charge is -2.48. The third kappa shape index (κ3) is 7.99. The lowest BCUT2D eigenvalue weighted by atomic mass is 9.77. The van der Waals surface area contributed by atoms with Crippen molar-refractivity contribution in [2.24, 2.45) is 5.41 Å². The molecular weight excluding hydrogens is 558 g/mol. The van der Waals surface area contributed by atoms with E-state index in [2.05, 4.69) is 5.32 Å². The monoisotopic (exact) mass is 593 g/mol. The second-order valence-corrected chi connectivity index (χ2v) is 9.91. The zero-order valence-electron chi connectivity index (χ0n) is 22.9. The summed E-state index contributed by atoms with van der Waals surface area (Å²) in [7, 11) is 0. The molecule has 14 heteroatoms. The first-order chi connectivity index (χ1) is 19.4. The van der Waals surface area contributed by atoms with Crippen molar-refractivity contribution in [3.63, 3.8) is 0 Å². The number of carbonyl (C=O) groups is 6. The van der Waals surface area contributed by atoms with Gasteiger partial charge in [0.05, 0.1) is 0 Å². The van der Waals surface area contributed by atoms with E-state index in [1.54, 1.807) is 26.0 Å². The minimum Gasteiger partial charge on any atom is -0.481 e. The molecule has 224 valence electrons. The maximum atomic E-state index is 13.7. The molecule has 1 aromatic rings. The van der Waals surface area contributed by atoms with Crippen LogP contribution < -0.4 is 5.32 Å². The Morgan fingerprint density at radius 3 is 1.93 bits per heavy atom. The zero-order valence-corrected chi connectivity index (χ0v) is 23.7. The molecule has 13 nitrogen and oxygen atoms in total. The average molecular weight is 594 g/mol. The van der Waals surface area contributed by atoms with Crippen molar-refractivity contribution >= 4 is 53.1 Å². The first-order valence-corrected chi connectivity index (χ1v) is 13.6. The SMILES string of the molecule is CCC1(CC)C(=O)N(C(CCCCNC(=O)OCc2ccccc2)C(=O)O)C(=S)N([C@@H](CCC(=O)O)C(=O)O)C1=O. The third-order valence-corrected chi connectivity index (χ3v) is 7.48. The first kappa shape index (κ1) is 33.1. The number of nitrogens with one attached hydrogen (secondary N) is 1. The molecule has 1 fully saturated rings. The van der Waals surface area contributed by atoms with Gasteiger partial charge in [0.25, 0.3) is 0 Å². The smallest absolute Gasteiger partial charge is 0.407 e. The highest BCUT2D eigenvalue weighted by Crippen LogP contribution is 2.39. The van der Waals surface area contributed by atoms with E-state index in [0.717, 1.165) is 10.5 Å². The Kier molecular flexibility index (Phi) is 12.2. The largest absolute Gasteiger partial charge is 0.481 e. The number of ether oxygens (including phenoxy) is 1. The van der Waals surface area contributed by atoms with Gasteiger partial charge in [-0.3, -0.25) is 24.2 Å². The number of thiocarbonyl (C=S) groups is 1. The number of nitrogens with zero attached hydrogens (tertiary/aromatic N) is 2. The second kappa shape index (κ2) is 15.1. The number of hydrogen-bond donors (Lipinski definition) is 4. The number of aliphatic carboxylic acids is 3. The highest BCUT2D eigenvalue weighted by molar-refractivity contribution is 7.80. The number of carbonyl (C=O) groups excluding carboxylic acids is 3. The van der Waals surface area contributed by atoms with E-state index in [0.29, 0.717) is 11.3 Å². The lowest BCUT2D eigenvalue weighted by Crippen LogP contribution is -2.70. The van der Waals surface area contributed by atoms with Crippen LogP contribution in [0.1, 0.15) is 64.4 Å². The normalized spacial score (nSPS) is 16.2. The summed E-state index contributed by atoms with van der Waals surface area (Å²) < 4.78 is 5.13. The molecule has 0 saturated carbocycles. The highest BCUT2D eigenvalue weighted by atomic mass is 32.1. The predicted octanol–water partition coefficient (Wildman–Crippen LogP) is 2.62. The van der Waals surface area contributed by atoms with Crippen molar-refractivity contribution in [3.05, 3.63) is 35.9 Å². The van der Waals surface area contributed by atoms with E-state index in [1.807, 2.05) is 18.2 Å². The van der Waals surface area contributed by atoms with E-state index in [1.165, 1.54) is 0 Å². The molecule has 2 atom stereocenters. The van der Waals surface area contributed by atoms with Gasteiger partial charge in [0.15, 0.2) is 5.11 Å². The summed E-state index contributed by atoms with van der Waals surface area (Å²) in [5.41, 5.74) is -0.957. The summed E-state index contributed by atoms with van der Waals surface area (Å²) in [5, 5.41) is 30.9. The van der Waals surface area contributed by atoms with Crippen molar-refractivity contribution in [1.29, 1.82) is 0 Å². The third-order valence-electron chi connectivity index (χ3n) is 7.09. The number of benzene rings is 1. The summed E-state index contributed by atoms with van der Waals surface area (Å²) in [5.74, 6) is -5.98. The lowest BCUT2D eigenvalue weighted by molar-refractivity contribution is -0.167. The summed E-state index contributed by atoms with van der Waals surface area (Å²) >= 11 is 5.34. The molecule has 1 aliphatic rings. The summed E-state index contributed by atoms with van der Waals surface area (Å²) in [6, 6.07) is 5.83. The quantitative estimate of drug-likeness (QED) is 0.125. The van der Waals surface area contributed by atoms with E-state index in [-0.39, 0.29) is 38.8 Å². The number of carboxylic acids is 3. The molecule has 2 rings (SSSR count). The molecule has 1 saturated heterocycles. The van der Waals surface area contributed by atoms with Gasteiger partial charge in [0.1, 0.15) is 24.1 Å². The molecule has 0 radical (unpaired) electrons. The summed E-state index contributed by atoms with van der Waals surface area (Å²) in [6.07, 6.45) is -1.40. The van der Waals surface area contributed by atoms with Crippen LogP contribution in [-0.2, 0) is 35.3 Å². The van der Waals surface area contributed by atoms with Crippen LogP contribution in [-0.4, -0.2) is 84.7 Å². The van der Waals surface area contributed by atoms with Crippen LogP contribution in [0.15, 0.2) is 30.3 Å². The Balaban J connectivity index is 2.16. The van der Waals surface area contributed by atoms with Gasteiger partial charge in [-0.1, -0.05) is 44.2 Å². The molecule has 0 aliphatic carbocycles. The van der Waals surface area contributed by atoms with E-state index in [9.17, 15) is 39.0 Å². The fraction of sp³-hybridized carbons (Fsp3) is 0.519. The van der Waals surface area contributed by atoms with Gasteiger partial charge in [-0.25, -0.2) is 14.4 Å². The number of amides is 3. The Hall–Kier alpha value is -4.07. The van der Waals surface area contributed by atoms with Gasteiger partial charge in [-0.15, -0.1) is 0 Å². The van der Waals surface area contributed by atoms with Gasteiger partial charge in [-0.2, -0.15) is 0 Å². The van der Waals surface area contributed by atoms with Crippen molar-refractivity contribution in [3.8, 4) is 0 Å². The minimum absolute atomic E-state index is 0.0522. The van der Waals surface area contributed by atoms with E-state index < -0.39 is 71.3 Å². The molecule has 1 heterocycles. The minimum atomic E-state index is -1.77. The molecule has 0 bridgehead atoms. The van der Waals surface area contributed by atoms with Crippen LogP contribution in [0.3, 0.4) is 0 Å². The Bertz CT molecular complexity index is 1160. The van der Waals surface area contributed by atoms with Crippen molar-refractivity contribution in [2.45, 2.75) is 77.5 Å². The molecule has 0 aromatic heterocycles. The molecular formula is C27H35N3O10S. The van der Waals surface area contributed by atoms with Crippen molar-refractivity contribution in [1.82, 2.24) is 15.1 Å². The summed E-state index contributed by atoms with van der Waals surface area (Å²) in [4.78, 5) is 76.2. The van der Waals surface area contributed by atoms with Gasteiger partial charge in [0, 0.05) is 13.0 Å². The molecule has 1 unspecified atom stereocenters. The van der Waals surface area contributed by atoms with Crippen LogP contribution in [0.25, 0.3) is 0 Å². The fourth-order valence-electron chi connectivity index (χ4n) is 4.66. The molecule has 1 aromatic carbocycles. The summed E-state index contributed by atoms with van der Waals surface area (Å²) in [6.45, 7) is 3.34. The highest BCUT2D eigenvalue weighted by Gasteiger charge is 2.58. The fourth-order valence-corrected chi connectivity index (χ4v) is 5.08. The topological polar surface area (TPSA) is 191 Å². The van der Waals surface area contributed by atoms with Gasteiger partial charge < -0.3 is 25.4 Å². The number of hydrogen-bond acceptors (Lipinski definition) is 8. The first-order valence-electron chi connectivity index (χ1n) is 13.2. The van der Waals surface area contributed by atoms with Crippen molar-refractivity contribution < 1.29 is 48.8 Å². The Labute approximate surface area is 242 Å². The van der Waals surface area contributed by atoms with Gasteiger partial charge >= 0.3 is 24.0 Å². The molecule has 1 aliphatic heterocycles. The number of carboxylic acid groups (broad SMARTS) is 3. The van der Waals surface area contributed by atoms with E-state index in [4.69, 9.17) is 22.1 Å². The molecule has 0 spiro atoms. The second-order valence-electron chi connectivity index (χ2n) is 9.55. The van der Waals surface area contributed by atoms with E-state index >= 15 is 0 Å². The Morgan fingerprint density at radius 2 is 1.44 bits per heavy atom. The standard InChI is InChI=1S/C27H35N3O10S/c1-3-27(4-2)23(37)29(26(41)30(24(27)38)19(22(35)36)13-14-20(31)32)18(21(33)34)12-8-9-15-28-25(39)40-16-17-10-6-5-7-11-17/h5-7,10-11,18-19H,3-4,8-9,12-16H2,1-2H3,(H,28,39)(H,31,32)(H,33,34)(H,35,36)/t18?,19-/m0/s1.